The molecule has 0 saturated carbocycles. The Kier molecular flexibility index (Phi) is 10.2. The Hall–Kier alpha value is -3.21. The standard InChI is InChI=1S/C25H39N7O3S/c1-10-18(11-2)19-15-27-23(36-19)30-20-14-21(29-17(4)28-20)31(8)13-12-26-22(33)16(3)32(9)24(34)35-25(5,6)7/h10,14-16H,11-13H2,1-9H3,(H,26,33)(H,27,28,29,30)/b18-10+. The number of aromatic nitrogens is 3. The van der Waals surface area contributed by atoms with E-state index in [2.05, 4.69) is 38.6 Å². The number of anilines is 3. The van der Waals surface area contributed by atoms with Gasteiger partial charge in [0.15, 0.2) is 5.13 Å². The summed E-state index contributed by atoms with van der Waals surface area (Å²) in [5.41, 5.74) is 0.633. The van der Waals surface area contributed by atoms with E-state index in [9.17, 15) is 9.59 Å². The molecule has 2 aromatic rings. The Morgan fingerprint density at radius 1 is 1.25 bits per heavy atom. The highest BCUT2D eigenvalue weighted by Crippen LogP contribution is 2.29. The second-order valence-electron chi connectivity index (χ2n) is 9.46. The van der Waals surface area contributed by atoms with Gasteiger partial charge in [-0.05, 0) is 53.5 Å². The maximum Gasteiger partial charge on any atom is 0.410 e. The fourth-order valence-electron chi connectivity index (χ4n) is 3.20. The average molecular weight is 518 g/mol. The van der Waals surface area contributed by atoms with Crippen molar-refractivity contribution in [2.45, 2.75) is 66.5 Å². The molecule has 1 unspecified atom stereocenters. The van der Waals surface area contributed by atoms with Gasteiger partial charge in [-0.25, -0.2) is 19.7 Å². The van der Waals surface area contributed by atoms with Gasteiger partial charge in [-0.2, -0.15) is 0 Å². The molecule has 0 bridgehead atoms. The lowest BCUT2D eigenvalue weighted by atomic mass is 10.2. The maximum atomic E-state index is 12.6. The van der Waals surface area contributed by atoms with Crippen LogP contribution in [0.2, 0.25) is 0 Å². The van der Waals surface area contributed by atoms with Crippen LogP contribution in [0.4, 0.5) is 21.6 Å². The van der Waals surface area contributed by atoms with Crippen molar-refractivity contribution in [3.63, 3.8) is 0 Å². The molecule has 0 aromatic carbocycles. The van der Waals surface area contributed by atoms with Crippen molar-refractivity contribution in [2.24, 2.45) is 0 Å². The molecule has 0 aliphatic heterocycles. The van der Waals surface area contributed by atoms with Gasteiger partial charge in [0.2, 0.25) is 5.91 Å². The van der Waals surface area contributed by atoms with Gasteiger partial charge in [0.1, 0.15) is 29.1 Å². The van der Waals surface area contributed by atoms with E-state index in [1.54, 1.807) is 46.1 Å². The van der Waals surface area contributed by atoms with Crippen molar-refractivity contribution in [1.82, 2.24) is 25.2 Å². The summed E-state index contributed by atoms with van der Waals surface area (Å²) in [6, 6.07) is 1.19. The van der Waals surface area contributed by atoms with E-state index in [0.29, 0.717) is 24.7 Å². The number of likely N-dealkylation sites (N-methyl/N-ethyl adjacent to an activating group) is 2. The molecule has 10 nitrogen and oxygen atoms in total. The number of hydrogen-bond donors (Lipinski definition) is 2. The average Bonchev–Trinajstić information content (AvgIpc) is 3.25. The van der Waals surface area contributed by atoms with E-state index in [-0.39, 0.29) is 5.91 Å². The zero-order valence-corrected chi connectivity index (χ0v) is 23.6. The third-order valence-corrected chi connectivity index (χ3v) is 6.38. The Morgan fingerprint density at radius 2 is 1.94 bits per heavy atom. The first-order valence-corrected chi connectivity index (χ1v) is 12.8. The van der Waals surface area contributed by atoms with Gasteiger partial charge in [0.25, 0.3) is 0 Å². The largest absolute Gasteiger partial charge is 0.444 e. The molecule has 11 heteroatoms. The minimum absolute atomic E-state index is 0.259. The fourth-order valence-corrected chi connectivity index (χ4v) is 4.17. The summed E-state index contributed by atoms with van der Waals surface area (Å²) < 4.78 is 5.33. The number of allylic oxidation sites excluding steroid dienone is 2. The Labute approximate surface area is 218 Å². The predicted octanol–water partition coefficient (Wildman–Crippen LogP) is 4.61. The van der Waals surface area contributed by atoms with Crippen LogP contribution >= 0.6 is 11.3 Å². The molecular formula is C25H39N7O3S. The van der Waals surface area contributed by atoms with Gasteiger partial charge in [0, 0.05) is 39.4 Å². The molecular weight excluding hydrogens is 478 g/mol. The first-order valence-electron chi connectivity index (χ1n) is 12.0. The van der Waals surface area contributed by atoms with Crippen molar-refractivity contribution >= 4 is 45.7 Å². The predicted molar refractivity (Wildman–Crippen MR) is 146 cm³/mol. The summed E-state index contributed by atoms with van der Waals surface area (Å²) in [5.74, 6) is 1.74. The van der Waals surface area contributed by atoms with Crippen LogP contribution in [-0.4, -0.2) is 70.7 Å². The van der Waals surface area contributed by atoms with Crippen molar-refractivity contribution < 1.29 is 14.3 Å². The zero-order chi connectivity index (χ0) is 27.0. The molecule has 0 radical (unpaired) electrons. The molecule has 36 heavy (non-hydrogen) atoms. The fraction of sp³-hybridized carbons (Fsp3) is 0.560. The molecule has 2 aromatic heterocycles. The third-order valence-electron chi connectivity index (χ3n) is 5.39. The lowest BCUT2D eigenvalue weighted by molar-refractivity contribution is -0.125. The first-order chi connectivity index (χ1) is 16.8. The summed E-state index contributed by atoms with van der Waals surface area (Å²) in [7, 11) is 3.45. The van der Waals surface area contributed by atoms with Crippen LogP contribution in [0.15, 0.2) is 18.3 Å². The molecule has 0 saturated heterocycles. The number of carbonyl (C=O) groups is 2. The van der Waals surface area contributed by atoms with Crippen LogP contribution in [0.5, 0.6) is 0 Å². The lowest BCUT2D eigenvalue weighted by Gasteiger charge is -2.28. The summed E-state index contributed by atoms with van der Waals surface area (Å²) >= 11 is 1.58. The first kappa shape index (κ1) is 29.0. The zero-order valence-electron chi connectivity index (χ0n) is 22.8. The number of thiazole rings is 1. The number of carbonyl (C=O) groups excluding carboxylic acids is 2. The number of nitrogens with zero attached hydrogens (tertiary/aromatic N) is 5. The monoisotopic (exact) mass is 517 g/mol. The summed E-state index contributed by atoms with van der Waals surface area (Å²) in [6.07, 6.45) is 4.39. The number of nitrogens with one attached hydrogen (secondary N) is 2. The van der Waals surface area contributed by atoms with Crippen LogP contribution in [0.25, 0.3) is 5.57 Å². The van der Waals surface area contributed by atoms with E-state index in [4.69, 9.17) is 4.74 Å². The molecule has 1 atom stereocenters. The summed E-state index contributed by atoms with van der Waals surface area (Å²) in [4.78, 5) is 42.6. The second kappa shape index (κ2) is 12.7. The van der Waals surface area contributed by atoms with Crippen molar-refractivity contribution in [1.29, 1.82) is 0 Å². The van der Waals surface area contributed by atoms with Crippen LogP contribution < -0.4 is 15.5 Å². The molecule has 0 spiro atoms. The molecule has 2 heterocycles. The number of hydrogen-bond acceptors (Lipinski definition) is 9. The highest BCUT2D eigenvalue weighted by molar-refractivity contribution is 7.16. The molecule has 0 fully saturated rings. The van der Waals surface area contributed by atoms with Gasteiger partial charge in [-0.1, -0.05) is 24.3 Å². The lowest BCUT2D eigenvalue weighted by Crippen LogP contribution is -2.48. The van der Waals surface area contributed by atoms with Gasteiger partial charge in [-0.3, -0.25) is 9.69 Å². The molecule has 0 aliphatic rings. The Morgan fingerprint density at radius 3 is 2.56 bits per heavy atom. The molecule has 2 amide bonds. The number of amides is 2. The van der Waals surface area contributed by atoms with Gasteiger partial charge < -0.3 is 20.3 Å². The van der Waals surface area contributed by atoms with Gasteiger partial charge in [0.05, 0.1) is 4.88 Å². The van der Waals surface area contributed by atoms with Crippen molar-refractivity contribution in [3.05, 3.63) is 29.0 Å². The molecule has 2 N–H and O–H groups in total. The highest BCUT2D eigenvalue weighted by atomic mass is 32.1. The number of rotatable bonds is 10. The molecule has 198 valence electrons. The topological polar surface area (TPSA) is 113 Å². The number of aryl methyl sites for hydroxylation is 1. The second-order valence-corrected chi connectivity index (χ2v) is 10.5. The normalized spacial score (nSPS) is 12.6. The highest BCUT2D eigenvalue weighted by Gasteiger charge is 2.26. The smallest absolute Gasteiger partial charge is 0.410 e. The van der Waals surface area contributed by atoms with Crippen molar-refractivity contribution in [2.75, 3.05) is 37.4 Å². The van der Waals surface area contributed by atoms with Gasteiger partial charge >= 0.3 is 6.09 Å². The van der Waals surface area contributed by atoms with E-state index in [1.807, 2.05) is 38.1 Å². The van der Waals surface area contributed by atoms with E-state index in [0.717, 1.165) is 22.2 Å². The maximum absolute atomic E-state index is 12.6. The van der Waals surface area contributed by atoms with Gasteiger partial charge in [-0.15, -0.1) is 0 Å². The van der Waals surface area contributed by atoms with Crippen LogP contribution in [-0.2, 0) is 9.53 Å². The van der Waals surface area contributed by atoms with Crippen LogP contribution in [0, 0.1) is 6.92 Å². The SMILES string of the molecule is C/C=C(\CC)c1cnc(Nc2cc(N(C)CCNC(=O)C(C)N(C)C(=O)OC(C)(C)C)nc(C)n2)s1. The quantitative estimate of drug-likeness (QED) is 0.470. The summed E-state index contributed by atoms with van der Waals surface area (Å²) in [5, 5.41) is 6.91. The summed E-state index contributed by atoms with van der Waals surface area (Å²) in [6.45, 7) is 13.9. The molecule has 2 rings (SSSR count). The van der Waals surface area contributed by atoms with E-state index in [1.165, 1.54) is 10.5 Å². The third kappa shape index (κ3) is 8.47. The molecule has 0 aliphatic carbocycles. The minimum atomic E-state index is -0.666. The van der Waals surface area contributed by atoms with Crippen molar-refractivity contribution in [3.8, 4) is 0 Å². The van der Waals surface area contributed by atoms with E-state index < -0.39 is 17.7 Å². The minimum Gasteiger partial charge on any atom is -0.444 e. The Bertz CT molecular complexity index is 1080. The van der Waals surface area contributed by atoms with Crippen LogP contribution in [0.1, 0.15) is 58.7 Å². The number of ether oxygens (including phenoxy) is 1. The Balaban J connectivity index is 1.95. The van der Waals surface area contributed by atoms with Crippen LogP contribution in [0.3, 0.4) is 0 Å². The van der Waals surface area contributed by atoms with E-state index >= 15 is 0 Å².